The highest BCUT2D eigenvalue weighted by molar-refractivity contribution is 5.98. The molecule has 0 aromatic heterocycles. The quantitative estimate of drug-likeness (QED) is 0.324. The summed E-state index contributed by atoms with van der Waals surface area (Å²) in [5.41, 5.74) is 5.90. The van der Waals surface area contributed by atoms with E-state index in [-0.39, 0.29) is 5.84 Å². The average molecular weight is 251 g/mol. The van der Waals surface area contributed by atoms with Crippen molar-refractivity contribution in [3.8, 4) is 0 Å². The second kappa shape index (κ2) is 5.39. The molecule has 0 saturated carbocycles. The summed E-state index contributed by atoms with van der Waals surface area (Å²) in [6.45, 7) is 5.33. The summed E-state index contributed by atoms with van der Waals surface area (Å²) in [5, 5.41) is 14.0. The Kier molecular flexibility index (Phi) is 4.14. The standard InChI is InChI=1S/C12H17N3O3/c1-12(2,3)18-11(16)14-9-6-4-5-8(7-9)10(13)15-17/h4-7,17H,1-3H3,(H2,13,15)(H,14,16). The number of ether oxygens (including phenoxy) is 1. The second-order valence-electron chi connectivity index (χ2n) is 4.69. The highest BCUT2D eigenvalue weighted by atomic mass is 16.6. The second-order valence-corrected chi connectivity index (χ2v) is 4.69. The third-order valence-corrected chi connectivity index (χ3v) is 1.91. The molecule has 6 nitrogen and oxygen atoms in total. The maximum absolute atomic E-state index is 11.5. The lowest BCUT2D eigenvalue weighted by Gasteiger charge is -2.19. The lowest BCUT2D eigenvalue weighted by Crippen LogP contribution is -2.27. The number of amidine groups is 1. The molecular weight excluding hydrogens is 234 g/mol. The molecule has 0 spiro atoms. The molecule has 0 heterocycles. The van der Waals surface area contributed by atoms with E-state index in [2.05, 4.69) is 10.5 Å². The van der Waals surface area contributed by atoms with Crippen molar-refractivity contribution < 1.29 is 14.7 Å². The van der Waals surface area contributed by atoms with Crippen LogP contribution in [0.2, 0.25) is 0 Å². The van der Waals surface area contributed by atoms with Crippen LogP contribution in [0.3, 0.4) is 0 Å². The first-order valence-corrected chi connectivity index (χ1v) is 5.40. The minimum Gasteiger partial charge on any atom is -0.444 e. The van der Waals surface area contributed by atoms with Crippen molar-refractivity contribution in [1.82, 2.24) is 0 Å². The number of nitrogens with one attached hydrogen (secondary N) is 1. The fourth-order valence-electron chi connectivity index (χ4n) is 1.24. The van der Waals surface area contributed by atoms with Crippen LogP contribution >= 0.6 is 0 Å². The van der Waals surface area contributed by atoms with Gasteiger partial charge in [-0.3, -0.25) is 5.32 Å². The molecule has 0 aliphatic heterocycles. The molecule has 0 unspecified atom stereocenters. The molecule has 1 aromatic carbocycles. The van der Waals surface area contributed by atoms with E-state index in [0.717, 1.165) is 0 Å². The Hall–Kier alpha value is -2.24. The zero-order chi connectivity index (χ0) is 13.8. The van der Waals surface area contributed by atoms with Gasteiger partial charge in [-0.1, -0.05) is 17.3 Å². The summed E-state index contributed by atoms with van der Waals surface area (Å²) in [6, 6.07) is 6.60. The molecule has 0 saturated heterocycles. The lowest BCUT2D eigenvalue weighted by molar-refractivity contribution is 0.0636. The van der Waals surface area contributed by atoms with E-state index >= 15 is 0 Å². The molecule has 4 N–H and O–H groups in total. The number of oxime groups is 1. The molecule has 0 aliphatic rings. The largest absolute Gasteiger partial charge is 0.444 e. The lowest BCUT2D eigenvalue weighted by atomic mass is 10.2. The average Bonchev–Trinajstić information content (AvgIpc) is 2.25. The van der Waals surface area contributed by atoms with Crippen molar-refractivity contribution in [3.63, 3.8) is 0 Å². The van der Waals surface area contributed by atoms with Gasteiger partial charge in [0.15, 0.2) is 5.84 Å². The number of rotatable bonds is 2. The summed E-state index contributed by atoms with van der Waals surface area (Å²) in [6.07, 6.45) is -0.556. The number of benzene rings is 1. The predicted octanol–water partition coefficient (Wildman–Crippen LogP) is 2.13. The van der Waals surface area contributed by atoms with Gasteiger partial charge in [-0.25, -0.2) is 4.79 Å². The van der Waals surface area contributed by atoms with Gasteiger partial charge >= 0.3 is 6.09 Å². The van der Waals surface area contributed by atoms with Gasteiger partial charge in [0.05, 0.1) is 0 Å². The number of nitrogens with two attached hydrogens (primary N) is 1. The number of anilines is 1. The van der Waals surface area contributed by atoms with E-state index in [0.29, 0.717) is 11.3 Å². The topological polar surface area (TPSA) is 96.9 Å². The number of carbonyl (C=O) groups is 1. The van der Waals surface area contributed by atoms with Crippen LogP contribution in [0.5, 0.6) is 0 Å². The molecule has 0 fully saturated rings. The van der Waals surface area contributed by atoms with Crippen LogP contribution < -0.4 is 11.1 Å². The first-order chi connectivity index (χ1) is 8.31. The van der Waals surface area contributed by atoms with Crippen LogP contribution in [0, 0.1) is 0 Å². The summed E-state index contributed by atoms with van der Waals surface area (Å²) in [4.78, 5) is 11.5. The van der Waals surface area contributed by atoms with Gasteiger partial charge in [0, 0.05) is 11.3 Å². The number of hydrogen-bond acceptors (Lipinski definition) is 4. The first kappa shape index (κ1) is 13.8. The van der Waals surface area contributed by atoms with Gasteiger partial charge in [-0.2, -0.15) is 0 Å². The van der Waals surface area contributed by atoms with E-state index in [1.807, 2.05) is 0 Å². The Bertz CT molecular complexity index is 464. The number of carbonyl (C=O) groups excluding carboxylic acids is 1. The van der Waals surface area contributed by atoms with Gasteiger partial charge in [-0.15, -0.1) is 0 Å². The third-order valence-electron chi connectivity index (χ3n) is 1.91. The molecule has 0 bridgehead atoms. The highest BCUT2D eigenvalue weighted by Gasteiger charge is 2.16. The van der Waals surface area contributed by atoms with Gasteiger partial charge in [0.2, 0.25) is 0 Å². The van der Waals surface area contributed by atoms with E-state index in [9.17, 15) is 4.79 Å². The summed E-state index contributed by atoms with van der Waals surface area (Å²) >= 11 is 0. The monoisotopic (exact) mass is 251 g/mol. The van der Waals surface area contributed by atoms with Crippen molar-refractivity contribution in [2.24, 2.45) is 10.9 Å². The molecule has 98 valence electrons. The minimum absolute atomic E-state index is 0.0251. The SMILES string of the molecule is CC(C)(C)OC(=O)Nc1cccc(/C(N)=N/O)c1. The Labute approximate surface area is 105 Å². The van der Waals surface area contributed by atoms with Crippen LogP contribution in [0.1, 0.15) is 26.3 Å². The van der Waals surface area contributed by atoms with Crippen molar-refractivity contribution in [1.29, 1.82) is 0 Å². The normalized spacial score (nSPS) is 12.1. The third kappa shape index (κ3) is 4.32. The molecule has 1 aromatic rings. The maximum atomic E-state index is 11.5. The van der Waals surface area contributed by atoms with Gasteiger partial charge < -0.3 is 15.7 Å². The molecule has 6 heteroatoms. The van der Waals surface area contributed by atoms with Crippen molar-refractivity contribution >= 4 is 17.6 Å². The van der Waals surface area contributed by atoms with E-state index in [1.165, 1.54) is 0 Å². The van der Waals surface area contributed by atoms with Gasteiger partial charge in [0.1, 0.15) is 5.60 Å². The number of amides is 1. The number of hydrogen-bond donors (Lipinski definition) is 3. The van der Waals surface area contributed by atoms with Crippen LogP contribution in [0.15, 0.2) is 29.4 Å². The van der Waals surface area contributed by atoms with Crippen LogP contribution in [-0.2, 0) is 4.74 Å². The fourth-order valence-corrected chi connectivity index (χ4v) is 1.24. The summed E-state index contributed by atoms with van der Waals surface area (Å²) in [5.74, 6) is -0.0251. The zero-order valence-electron chi connectivity index (χ0n) is 10.6. The first-order valence-electron chi connectivity index (χ1n) is 5.40. The summed E-state index contributed by atoms with van der Waals surface area (Å²) < 4.78 is 5.11. The molecule has 1 amide bonds. The van der Waals surface area contributed by atoms with Crippen LogP contribution in [-0.4, -0.2) is 22.7 Å². The van der Waals surface area contributed by atoms with Gasteiger partial charge in [-0.05, 0) is 32.9 Å². The van der Waals surface area contributed by atoms with E-state index in [1.54, 1.807) is 45.0 Å². The minimum atomic E-state index is -0.562. The Morgan fingerprint density at radius 3 is 2.67 bits per heavy atom. The molecule has 0 aliphatic carbocycles. The van der Waals surface area contributed by atoms with E-state index in [4.69, 9.17) is 15.7 Å². The fraction of sp³-hybridized carbons (Fsp3) is 0.333. The van der Waals surface area contributed by atoms with Crippen molar-refractivity contribution in [2.45, 2.75) is 26.4 Å². The summed E-state index contributed by atoms with van der Waals surface area (Å²) in [7, 11) is 0. The molecule has 1 rings (SSSR count). The van der Waals surface area contributed by atoms with E-state index < -0.39 is 11.7 Å². The van der Waals surface area contributed by atoms with Crippen molar-refractivity contribution in [3.05, 3.63) is 29.8 Å². The van der Waals surface area contributed by atoms with Gasteiger partial charge in [0.25, 0.3) is 0 Å². The zero-order valence-corrected chi connectivity index (χ0v) is 10.6. The molecule has 0 atom stereocenters. The number of nitrogens with zero attached hydrogens (tertiary/aromatic N) is 1. The van der Waals surface area contributed by atoms with Crippen LogP contribution in [0.4, 0.5) is 10.5 Å². The van der Waals surface area contributed by atoms with Crippen molar-refractivity contribution in [2.75, 3.05) is 5.32 Å². The molecule has 0 radical (unpaired) electrons. The Balaban J connectivity index is 2.77. The molecular formula is C12H17N3O3. The highest BCUT2D eigenvalue weighted by Crippen LogP contribution is 2.13. The smallest absolute Gasteiger partial charge is 0.412 e. The predicted molar refractivity (Wildman–Crippen MR) is 68.8 cm³/mol. The Morgan fingerprint density at radius 2 is 2.11 bits per heavy atom. The van der Waals surface area contributed by atoms with Crippen LogP contribution in [0.25, 0.3) is 0 Å². The maximum Gasteiger partial charge on any atom is 0.412 e. The Morgan fingerprint density at radius 1 is 1.44 bits per heavy atom. The molecule has 18 heavy (non-hydrogen) atoms.